The zero-order valence-corrected chi connectivity index (χ0v) is 5.85. The van der Waals surface area contributed by atoms with E-state index in [-0.39, 0.29) is 11.6 Å². The van der Waals surface area contributed by atoms with Crippen LogP contribution in [0, 0.1) is 11.3 Å². The van der Waals surface area contributed by atoms with E-state index in [1.54, 1.807) is 6.92 Å². The summed E-state index contributed by atoms with van der Waals surface area (Å²) in [5.41, 5.74) is 0. The third-order valence-electron chi connectivity index (χ3n) is 0.518. The van der Waals surface area contributed by atoms with Crippen molar-refractivity contribution in [3.8, 4) is 6.07 Å². The molecule has 0 atom stereocenters. The maximum Gasteiger partial charge on any atom is 0.159 e. The summed E-state index contributed by atoms with van der Waals surface area (Å²) >= 11 is 5.36. The second-order valence-electron chi connectivity index (χ2n) is 1.22. The lowest BCUT2D eigenvalue weighted by atomic mass is 10.5. The van der Waals surface area contributed by atoms with E-state index in [1.807, 2.05) is 6.07 Å². The monoisotopic (exact) mass is 146 g/mol. The van der Waals surface area contributed by atoms with Gasteiger partial charge in [0.15, 0.2) is 5.17 Å². The molecule has 0 aromatic rings. The molecule has 0 radical (unpaired) electrons. The van der Waals surface area contributed by atoms with Crippen LogP contribution in [0.15, 0.2) is 5.16 Å². The molecule has 0 aliphatic heterocycles. The van der Waals surface area contributed by atoms with E-state index in [2.05, 4.69) is 9.99 Å². The predicted octanol–water partition coefficient (Wildman–Crippen LogP) is 1.49. The van der Waals surface area contributed by atoms with Crippen molar-refractivity contribution >= 4 is 16.8 Å². The van der Waals surface area contributed by atoms with Gasteiger partial charge in [0.05, 0.1) is 12.5 Å². The Labute approximate surface area is 58.9 Å². The normalized spacial score (nSPS) is 10.6. The second-order valence-corrected chi connectivity index (χ2v) is 1.66. The first-order valence-electron chi connectivity index (χ1n) is 2.52. The molecule has 50 valence electrons. The van der Waals surface area contributed by atoms with Crippen LogP contribution in [0.5, 0.6) is 0 Å². The minimum Gasteiger partial charge on any atom is -0.395 e. The molecule has 0 fully saturated rings. The summed E-state index contributed by atoms with van der Waals surface area (Å²) < 4.78 is 0. The van der Waals surface area contributed by atoms with Gasteiger partial charge in [-0.3, -0.25) is 0 Å². The van der Waals surface area contributed by atoms with Crippen molar-refractivity contribution in [2.24, 2.45) is 5.16 Å². The zero-order valence-electron chi connectivity index (χ0n) is 5.09. The molecule has 0 saturated carbocycles. The zero-order chi connectivity index (χ0) is 7.11. The average molecular weight is 147 g/mol. The van der Waals surface area contributed by atoms with E-state index in [0.717, 1.165) is 0 Å². The van der Waals surface area contributed by atoms with Crippen LogP contribution in [0.25, 0.3) is 0 Å². The van der Waals surface area contributed by atoms with E-state index >= 15 is 0 Å². The van der Waals surface area contributed by atoms with Crippen LogP contribution in [0.2, 0.25) is 0 Å². The lowest BCUT2D eigenvalue weighted by Crippen LogP contribution is -1.87. The van der Waals surface area contributed by atoms with E-state index in [1.165, 1.54) is 0 Å². The van der Waals surface area contributed by atoms with Crippen molar-refractivity contribution in [2.45, 2.75) is 13.3 Å². The lowest BCUT2D eigenvalue weighted by Gasteiger charge is -1.90. The Morgan fingerprint density at radius 2 is 2.56 bits per heavy atom. The third-order valence-corrected chi connectivity index (χ3v) is 0.720. The van der Waals surface area contributed by atoms with E-state index in [9.17, 15) is 0 Å². The second kappa shape index (κ2) is 5.39. The van der Waals surface area contributed by atoms with Crippen LogP contribution >= 0.6 is 11.6 Å². The van der Waals surface area contributed by atoms with Crippen LogP contribution in [0.4, 0.5) is 0 Å². The van der Waals surface area contributed by atoms with Gasteiger partial charge in [0.25, 0.3) is 0 Å². The van der Waals surface area contributed by atoms with Crippen LogP contribution in [0.1, 0.15) is 13.3 Å². The minimum atomic E-state index is 0.113. The quantitative estimate of drug-likeness (QED) is 0.447. The minimum absolute atomic E-state index is 0.113. The van der Waals surface area contributed by atoms with Gasteiger partial charge < -0.3 is 4.84 Å². The molecular formula is C5H7ClN2O. The Hall–Kier alpha value is -0.750. The van der Waals surface area contributed by atoms with Gasteiger partial charge in [-0.25, -0.2) is 0 Å². The topological polar surface area (TPSA) is 45.4 Å². The summed E-state index contributed by atoms with van der Waals surface area (Å²) in [5, 5.41) is 11.7. The number of rotatable bonds is 3. The first-order valence-corrected chi connectivity index (χ1v) is 2.90. The molecule has 3 nitrogen and oxygen atoms in total. The molecule has 0 aromatic heterocycles. The molecule has 0 spiro atoms. The fourth-order valence-electron chi connectivity index (χ4n) is 0.232. The molecular weight excluding hydrogens is 140 g/mol. The number of nitriles is 1. The van der Waals surface area contributed by atoms with Gasteiger partial charge in [-0.1, -0.05) is 16.8 Å². The Balaban J connectivity index is 3.46. The first-order chi connectivity index (χ1) is 4.31. The van der Waals surface area contributed by atoms with Crippen molar-refractivity contribution in [1.29, 1.82) is 5.26 Å². The van der Waals surface area contributed by atoms with Gasteiger partial charge in [-0.05, 0) is 6.92 Å². The molecule has 0 unspecified atom stereocenters. The molecule has 0 aliphatic carbocycles. The van der Waals surface area contributed by atoms with Crippen LogP contribution in [0.3, 0.4) is 0 Å². The van der Waals surface area contributed by atoms with Crippen LogP contribution < -0.4 is 0 Å². The highest BCUT2D eigenvalue weighted by atomic mass is 35.5. The molecule has 0 heterocycles. The van der Waals surface area contributed by atoms with Gasteiger partial charge in [0.1, 0.15) is 6.61 Å². The van der Waals surface area contributed by atoms with Crippen molar-refractivity contribution in [2.75, 3.05) is 6.61 Å². The van der Waals surface area contributed by atoms with E-state index in [0.29, 0.717) is 6.61 Å². The summed E-state index contributed by atoms with van der Waals surface area (Å²) in [6.45, 7) is 2.27. The summed E-state index contributed by atoms with van der Waals surface area (Å²) in [7, 11) is 0. The van der Waals surface area contributed by atoms with Crippen LogP contribution in [-0.4, -0.2) is 11.8 Å². The molecule has 0 aromatic carbocycles. The standard InChI is InChI=1S/C5H7ClN2O/c1-2-9-8-5(6)3-4-7/h2-3H2,1H3/b8-5-. The molecule has 9 heavy (non-hydrogen) atoms. The Morgan fingerprint density at radius 3 is 3.00 bits per heavy atom. The van der Waals surface area contributed by atoms with Crippen LogP contribution in [-0.2, 0) is 4.84 Å². The van der Waals surface area contributed by atoms with Crippen molar-refractivity contribution in [1.82, 2.24) is 0 Å². The largest absolute Gasteiger partial charge is 0.395 e. The maximum absolute atomic E-state index is 8.07. The van der Waals surface area contributed by atoms with Gasteiger partial charge in [-0.15, -0.1) is 0 Å². The highest BCUT2D eigenvalue weighted by molar-refractivity contribution is 6.65. The lowest BCUT2D eigenvalue weighted by molar-refractivity contribution is 0.159. The van der Waals surface area contributed by atoms with Gasteiger partial charge >= 0.3 is 0 Å². The van der Waals surface area contributed by atoms with Gasteiger partial charge in [0, 0.05) is 0 Å². The number of oxime groups is 1. The Kier molecular flexibility index (Phi) is 4.94. The molecule has 0 saturated heterocycles. The highest BCUT2D eigenvalue weighted by Gasteiger charge is 1.90. The summed E-state index contributed by atoms with van der Waals surface area (Å²) in [5.74, 6) is 0. The smallest absolute Gasteiger partial charge is 0.159 e. The van der Waals surface area contributed by atoms with Gasteiger partial charge in [0.2, 0.25) is 0 Å². The highest BCUT2D eigenvalue weighted by Crippen LogP contribution is 1.91. The van der Waals surface area contributed by atoms with Crippen molar-refractivity contribution in [3.05, 3.63) is 0 Å². The van der Waals surface area contributed by atoms with E-state index < -0.39 is 0 Å². The average Bonchev–Trinajstić information content (AvgIpc) is 1.85. The molecule has 0 rings (SSSR count). The molecule has 0 N–H and O–H groups in total. The maximum atomic E-state index is 8.07. The third kappa shape index (κ3) is 5.12. The number of nitrogens with zero attached hydrogens (tertiary/aromatic N) is 2. The predicted molar refractivity (Wildman–Crippen MR) is 35.1 cm³/mol. The molecule has 0 bridgehead atoms. The fraction of sp³-hybridized carbons (Fsp3) is 0.600. The van der Waals surface area contributed by atoms with Crippen molar-refractivity contribution in [3.63, 3.8) is 0 Å². The number of hydrogen-bond donors (Lipinski definition) is 0. The summed E-state index contributed by atoms with van der Waals surface area (Å²) in [6, 6.07) is 1.83. The first kappa shape index (κ1) is 8.25. The van der Waals surface area contributed by atoms with Crippen molar-refractivity contribution < 1.29 is 4.84 Å². The molecule has 0 aliphatic rings. The summed E-state index contributed by atoms with van der Waals surface area (Å²) in [6.07, 6.45) is 0.113. The molecule has 4 heteroatoms. The number of hydrogen-bond acceptors (Lipinski definition) is 3. The van der Waals surface area contributed by atoms with E-state index in [4.69, 9.17) is 16.9 Å². The van der Waals surface area contributed by atoms with Gasteiger partial charge in [-0.2, -0.15) is 5.26 Å². The molecule has 0 amide bonds. The SMILES string of the molecule is CCO/N=C(\Cl)CC#N. The fourth-order valence-corrected chi connectivity index (χ4v) is 0.341. The summed E-state index contributed by atoms with van der Waals surface area (Å²) in [4.78, 5) is 4.55. The Morgan fingerprint density at radius 1 is 1.89 bits per heavy atom. The Bertz CT molecular complexity index is 138. The number of halogens is 1.